The SMILES string of the molecule is CCCCN[C@@H]1C=CC[C@@H]2C(=O)N(C)C(=O)[C@@H]21. The first kappa shape index (κ1) is 12.3. The summed E-state index contributed by atoms with van der Waals surface area (Å²) in [5, 5.41) is 3.38. The molecular formula is C13H20N2O2. The Hall–Kier alpha value is -1.16. The van der Waals surface area contributed by atoms with Gasteiger partial charge in [-0.05, 0) is 19.4 Å². The van der Waals surface area contributed by atoms with Crippen molar-refractivity contribution in [3.05, 3.63) is 12.2 Å². The van der Waals surface area contributed by atoms with Crippen molar-refractivity contribution >= 4 is 11.8 Å². The lowest BCUT2D eigenvalue weighted by Gasteiger charge is -2.27. The van der Waals surface area contributed by atoms with Crippen molar-refractivity contribution in [2.24, 2.45) is 11.8 Å². The Morgan fingerprint density at radius 2 is 2.18 bits per heavy atom. The van der Waals surface area contributed by atoms with E-state index in [-0.39, 0.29) is 29.7 Å². The van der Waals surface area contributed by atoms with Gasteiger partial charge in [0.2, 0.25) is 11.8 Å². The van der Waals surface area contributed by atoms with E-state index >= 15 is 0 Å². The van der Waals surface area contributed by atoms with Crippen molar-refractivity contribution in [3.63, 3.8) is 0 Å². The van der Waals surface area contributed by atoms with Gasteiger partial charge in [-0.2, -0.15) is 0 Å². The molecule has 0 aromatic rings. The standard InChI is InChI=1S/C13H20N2O2/c1-3-4-8-14-10-7-5-6-9-11(10)13(17)15(2)12(9)16/h5,7,9-11,14H,3-4,6,8H2,1-2H3/t9-,10+,11-/m0/s1. The van der Waals surface area contributed by atoms with Gasteiger partial charge < -0.3 is 5.32 Å². The molecule has 4 heteroatoms. The topological polar surface area (TPSA) is 49.4 Å². The Labute approximate surface area is 102 Å². The maximum Gasteiger partial charge on any atom is 0.234 e. The van der Waals surface area contributed by atoms with Crippen molar-refractivity contribution in [2.75, 3.05) is 13.6 Å². The second-order valence-corrected chi connectivity index (χ2v) is 4.87. The number of carbonyl (C=O) groups is 2. The van der Waals surface area contributed by atoms with Crippen LogP contribution < -0.4 is 5.32 Å². The highest BCUT2D eigenvalue weighted by atomic mass is 16.2. The van der Waals surface area contributed by atoms with Crippen LogP contribution in [0.3, 0.4) is 0 Å². The summed E-state index contributed by atoms with van der Waals surface area (Å²) in [7, 11) is 1.59. The molecule has 0 unspecified atom stereocenters. The van der Waals surface area contributed by atoms with E-state index in [0.29, 0.717) is 6.42 Å². The number of allylic oxidation sites excluding steroid dienone is 1. The second-order valence-electron chi connectivity index (χ2n) is 4.87. The molecule has 2 aliphatic rings. The zero-order chi connectivity index (χ0) is 12.4. The van der Waals surface area contributed by atoms with Crippen molar-refractivity contribution in [2.45, 2.75) is 32.2 Å². The fourth-order valence-corrected chi connectivity index (χ4v) is 2.69. The predicted octanol–water partition coefficient (Wildman–Crippen LogP) is 0.936. The fraction of sp³-hybridized carbons (Fsp3) is 0.692. The molecule has 0 spiro atoms. The van der Waals surface area contributed by atoms with Crippen molar-refractivity contribution < 1.29 is 9.59 Å². The number of rotatable bonds is 4. The molecule has 1 aliphatic carbocycles. The molecule has 1 N–H and O–H groups in total. The molecule has 3 atom stereocenters. The minimum atomic E-state index is -0.186. The molecule has 0 saturated carbocycles. The zero-order valence-corrected chi connectivity index (χ0v) is 10.5. The minimum absolute atomic E-state index is 0.0216. The largest absolute Gasteiger partial charge is 0.310 e. The van der Waals surface area contributed by atoms with Crippen LogP contribution in [-0.2, 0) is 9.59 Å². The van der Waals surface area contributed by atoms with Crippen LogP contribution in [0.15, 0.2) is 12.2 Å². The summed E-state index contributed by atoms with van der Waals surface area (Å²) in [5.41, 5.74) is 0. The molecule has 0 radical (unpaired) electrons. The monoisotopic (exact) mass is 236 g/mol. The van der Waals surface area contributed by atoms with Gasteiger partial charge in [-0.1, -0.05) is 25.5 Å². The molecule has 17 heavy (non-hydrogen) atoms. The molecule has 1 fully saturated rings. The number of unbranched alkanes of at least 4 members (excludes halogenated alkanes) is 1. The highest BCUT2D eigenvalue weighted by Gasteiger charge is 2.49. The molecule has 1 aliphatic heterocycles. The molecule has 0 aromatic heterocycles. The highest BCUT2D eigenvalue weighted by Crippen LogP contribution is 2.34. The number of nitrogens with zero attached hydrogens (tertiary/aromatic N) is 1. The van der Waals surface area contributed by atoms with Crippen LogP contribution in [0.2, 0.25) is 0 Å². The van der Waals surface area contributed by atoms with Crippen LogP contribution in [0.25, 0.3) is 0 Å². The molecule has 1 heterocycles. The maximum absolute atomic E-state index is 12.0. The summed E-state index contributed by atoms with van der Waals surface area (Å²) in [6.45, 7) is 3.04. The van der Waals surface area contributed by atoms with E-state index in [2.05, 4.69) is 12.2 Å². The van der Waals surface area contributed by atoms with Crippen LogP contribution in [0, 0.1) is 11.8 Å². The van der Waals surface area contributed by atoms with Crippen LogP contribution in [0.1, 0.15) is 26.2 Å². The lowest BCUT2D eigenvalue weighted by atomic mass is 9.81. The second kappa shape index (κ2) is 5.00. The van der Waals surface area contributed by atoms with E-state index in [0.717, 1.165) is 19.4 Å². The lowest BCUT2D eigenvalue weighted by Crippen LogP contribution is -2.42. The number of hydrogen-bond donors (Lipinski definition) is 1. The fourth-order valence-electron chi connectivity index (χ4n) is 2.69. The molecule has 4 nitrogen and oxygen atoms in total. The quantitative estimate of drug-likeness (QED) is 0.449. The van der Waals surface area contributed by atoms with Gasteiger partial charge >= 0.3 is 0 Å². The van der Waals surface area contributed by atoms with Crippen molar-refractivity contribution in [1.29, 1.82) is 0 Å². The van der Waals surface area contributed by atoms with Gasteiger partial charge in [0.05, 0.1) is 11.8 Å². The third kappa shape index (κ3) is 2.14. The summed E-state index contributed by atoms with van der Waals surface area (Å²) in [6.07, 6.45) is 6.99. The Kier molecular flexibility index (Phi) is 3.62. The van der Waals surface area contributed by atoms with Crippen molar-refractivity contribution in [1.82, 2.24) is 10.2 Å². The number of fused-ring (bicyclic) bond motifs is 1. The van der Waals surface area contributed by atoms with E-state index in [1.54, 1.807) is 7.05 Å². The summed E-state index contributed by atoms with van der Waals surface area (Å²) in [6, 6.07) is 0.0294. The summed E-state index contributed by atoms with van der Waals surface area (Å²) >= 11 is 0. The van der Waals surface area contributed by atoms with Gasteiger partial charge in [0.25, 0.3) is 0 Å². The van der Waals surface area contributed by atoms with Crippen LogP contribution >= 0.6 is 0 Å². The average molecular weight is 236 g/mol. The highest BCUT2D eigenvalue weighted by molar-refractivity contribution is 6.05. The lowest BCUT2D eigenvalue weighted by molar-refractivity contribution is -0.138. The average Bonchev–Trinajstić information content (AvgIpc) is 2.56. The summed E-state index contributed by atoms with van der Waals surface area (Å²) in [5.74, 6) is -0.379. The number of imide groups is 1. The normalized spacial score (nSPS) is 32.1. The van der Waals surface area contributed by atoms with Gasteiger partial charge in [-0.25, -0.2) is 0 Å². The van der Waals surface area contributed by atoms with Gasteiger partial charge in [0, 0.05) is 13.1 Å². The Morgan fingerprint density at radius 1 is 1.41 bits per heavy atom. The van der Waals surface area contributed by atoms with Gasteiger partial charge in [-0.15, -0.1) is 0 Å². The predicted molar refractivity (Wildman–Crippen MR) is 65.2 cm³/mol. The number of hydrogen-bond acceptors (Lipinski definition) is 3. The third-order valence-corrected chi connectivity index (χ3v) is 3.73. The van der Waals surface area contributed by atoms with Gasteiger partial charge in [-0.3, -0.25) is 14.5 Å². The number of amides is 2. The van der Waals surface area contributed by atoms with Crippen LogP contribution in [-0.4, -0.2) is 36.3 Å². The van der Waals surface area contributed by atoms with Crippen LogP contribution in [0.4, 0.5) is 0 Å². The number of nitrogens with one attached hydrogen (secondary N) is 1. The molecule has 94 valence electrons. The Bertz CT molecular complexity index is 351. The third-order valence-electron chi connectivity index (χ3n) is 3.73. The van der Waals surface area contributed by atoms with E-state index < -0.39 is 0 Å². The van der Waals surface area contributed by atoms with Gasteiger partial charge in [0.15, 0.2) is 0 Å². The smallest absolute Gasteiger partial charge is 0.234 e. The maximum atomic E-state index is 12.0. The first-order chi connectivity index (χ1) is 8.16. The number of carbonyl (C=O) groups excluding carboxylic acids is 2. The molecule has 0 aromatic carbocycles. The van der Waals surface area contributed by atoms with Crippen LogP contribution in [0.5, 0.6) is 0 Å². The van der Waals surface area contributed by atoms with Gasteiger partial charge in [0.1, 0.15) is 0 Å². The summed E-state index contributed by atoms with van der Waals surface area (Å²) in [4.78, 5) is 25.2. The molecular weight excluding hydrogens is 216 g/mol. The molecule has 2 amide bonds. The molecule has 0 bridgehead atoms. The summed E-state index contributed by atoms with van der Waals surface area (Å²) < 4.78 is 0. The molecule has 2 rings (SSSR count). The Balaban J connectivity index is 2.08. The zero-order valence-electron chi connectivity index (χ0n) is 10.5. The van der Waals surface area contributed by atoms with E-state index in [4.69, 9.17) is 0 Å². The minimum Gasteiger partial charge on any atom is -0.310 e. The molecule has 1 saturated heterocycles. The van der Waals surface area contributed by atoms with E-state index in [9.17, 15) is 9.59 Å². The Morgan fingerprint density at radius 3 is 2.88 bits per heavy atom. The van der Waals surface area contributed by atoms with E-state index in [1.165, 1.54) is 4.90 Å². The first-order valence-electron chi connectivity index (χ1n) is 6.38. The first-order valence-corrected chi connectivity index (χ1v) is 6.38. The van der Waals surface area contributed by atoms with E-state index in [1.807, 2.05) is 12.2 Å². The number of likely N-dealkylation sites (tertiary alicyclic amines) is 1. The van der Waals surface area contributed by atoms with Crippen molar-refractivity contribution in [3.8, 4) is 0 Å².